The number of nitrogens with one attached hydrogen (secondary N) is 1. The van der Waals surface area contributed by atoms with Gasteiger partial charge in [0.25, 0.3) is 10.0 Å². The average molecular weight is 570 g/mol. The van der Waals surface area contributed by atoms with Crippen LogP contribution in [0.4, 0.5) is 10.1 Å². The van der Waals surface area contributed by atoms with Gasteiger partial charge in [0.15, 0.2) is 0 Å². The fraction of sp³-hybridized carbons (Fsp3) is 0.333. The summed E-state index contributed by atoms with van der Waals surface area (Å²) < 4.78 is 47.4. The van der Waals surface area contributed by atoms with Gasteiger partial charge in [-0.1, -0.05) is 36.8 Å². The number of hydrogen-bond donors (Lipinski definition) is 1. The number of anilines is 1. The number of methoxy groups -OCH3 is 1. The molecule has 0 heterocycles. The Balaban J connectivity index is 2.01. The van der Waals surface area contributed by atoms with Gasteiger partial charge in [-0.3, -0.25) is 13.9 Å². The van der Waals surface area contributed by atoms with Crippen LogP contribution in [0.3, 0.4) is 0 Å². The van der Waals surface area contributed by atoms with E-state index in [0.29, 0.717) is 12.2 Å². The monoisotopic (exact) mass is 569 g/mol. The van der Waals surface area contributed by atoms with E-state index < -0.39 is 34.3 Å². The maximum atomic E-state index is 13.9. The van der Waals surface area contributed by atoms with Gasteiger partial charge in [-0.05, 0) is 81.3 Å². The Hall–Kier alpha value is -3.92. The smallest absolute Gasteiger partial charge is 0.264 e. The van der Waals surface area contributed by atoms with Gasteiger partial charge in [0.05, 0.1) is 17.7 Å². The lowest BCUT2D eigenvalue weighted by Crippen LogP contribution is -2.52. The Morgan fingerprint density at radius 2 is 1.55 bits per heavy atom. The van der Waals surface area contributed by atoms with Gasteiger partial charge in [0.2, 0.25) is 11.8 Å². The molecule has 0 unspecified atom stereocenters. The Kier molecular flexibility index (Phi) is 10.3. The van der Waals surface area contributed by atoms with E-state index in [1.54, 1.807) is 50.4 Å². The molecule has 10 heteroatoms. The van der Waals surface area contributed by atoms with Crippen LogP contribution in [-0.2, 0) is 26.2 Å². The van der Waals surface area contributed by atoms with Crippen molar-refractivity contribution >= 4 is 27.5 Å². The average Bonchev–Trinajstić information content (AvgIpc) is 2.95. The van der Waals surface area contributed by atoms with Crippen molar-refractivity contribution in [1.82, 2.24) is 10.2 Å². The van der Waals surface area contributed by atoms with Crippen molar-refractivity contribution in [2.24, 2.45) is 0 Å². The molecule has 0 fully saturated rings. The Labute approximate surface area is 235 Å². The molecule has 0 radical (unpaired) electrons. The Morgan fingerprint density at radius 1 is 0.950 bits per heavy atom. The highest BCUT2D eigenvalue weighted by molar-refractivity contribution is 7.92. The van der Waals surface area contributed by atoms with Crippen molar-refractivity contribution in [3.05, 3.63) is 89.7 Å². The fourth-order valence-corrected chi connectivity index (χ4v) is 5.36. The summed E-state index contributed by atoms with van der Waals surface area (Å²) in [4.78, 5) is 28.3. The fourth-order valence-electron chi connectivity index (χ4n) is 3.95. The zero-order valence-electron chi connectivity index (χ0n) is 23.4. The first kappa shape index (κ1) is 30.6. The molecule has 0 aliphatic heterocycles. The minimum absolute atomic E-state index is 0.0144. The van der Waals surface area contributed by atoms with Gasteiger partial charge >= 0.3 is 0 Å². The Morgan fingerprint density at radius 3 is 2.10 bits per heavy atom. The molecule has 2 amide bonds. The van der Waals surface area contributed by atoms with Crippen LogP contribution in [0.15, 0.2) is 77.7 Å². The predicted molar refractivity (Wildman–Crippen MR) is 153 cm³/mol. The minimum Gasteiger partial charge on any atom is -0.497 e. The number of sulfonamides is 1. The number of carbonyl (C=O) groups excluding carboxylic acids is 2. The molecule has 3 rings (SSSR count). The van der Waals surface area contributed by atoms with Crippen molar-refractivity contribution in [1.29, 1.82) is 0 Å². The first-order chi connectivity index (χ1) is 19.0. The van der Waals surface area contributed by atoms with Crippen LogP contribution in [0, 0.1) is 12.7 Å². The summed E-state index contributed by atoms with van der Waals surface area (Å²) in [5, 5.41) is 2.89. The van der Waals surface area contributed by atoms with Gasteiger partial charge in [0.1, 0.15) is 24.2 Å². The van der Waals surface area contributed by atoms with E-state index in [1.165, 1.54) is 29.2 Å². The lowest BCUT2D eigenvalue weighted by molar-refractivity contribution is -0.139. The molecule has 214 valence electrons. The first-order valence-corrected chi connectivity index (χ1v) is 14.5. The van der Waals surface area contributed by atoms with Crippen LogP contribution in [0.5, 0.6) is 5.75 Å². The number of rotatable bonds is 12. The normalized spacial score (nSPS) is 12.8. The summed E-state index contributed by atoms with van der Waals surface area (Å²) in [5.74, 6) is -0.858. The van der Waals surface area contributed by atoms with E-state index in [4.69, 9.17) is 4.74 Å². The zero-order chi connectivity index (χ0) is 29.4. The van der Waals surface area contributed by atoms with Gasteiger partial charge in [-0.15, -0.1) is 0 Å². The summed E-state index contributed by atoms with van der Waals surface area (Å²) in [6, 6.07) is 17.2. The standard InChI is InChI=1S/C30H36FN3O5S/c1-6-22(3)32-30(36)23(4)33(19-24-9-15-27(39-5)16-10-24)29(35)20-34(26-13-11-25(31)12-14-26)40(37,38)28-17-7-21(2)8-18-28/h7-18,22-23H,6,19-20H2,1-5H3,(H,32,36)/t22-,23+/m1/s1. The molecule has 0 aromatic heterocycles. The van der Waals surface area contributed by atoms with Crippen LogP contribution in [0.1, 0.15) is 38.3 Å². The largest absolute Gasteiger partial charge is 0.497 e. The molecule has 8 nitrogen and oxygen atoms in total. The van der Waals surface area contributed by atoms with Crippen LogP contribution in [0.2, 0.25) is 0 Å². The maximum Gasteiger partial charge on any atom is 0.264 e. The molecule has 3 aromatic carbocycles. The van der Waals surface area contributed by atoms with E-state index in [1.807, 2.05) is 20.8 Å². The van der Waals surface area contributed by atoms with Gasteiger partial charge < -0.3 is 15.0 Å². The zero-order valence-corrected chi connectivity index (χ0v) is 24.2. The number of aryl methyl sites for hydroxylation is 1. The van der Waals surface area contributed by atoms with Crippen molar-refractivity contribution in [2.45, 2.75) is 57.6 Å². The molecule has 0 aliphatic rings. The quantitative estimate of drug-likeness (QED) is 0.342. The second kappa shape index (κ2) is 13.4. The Bertz CT molecular complexity index is 1390. The molecule has 0 spiro atoms. The molecule has 1 N–H and O–H groups in total. The first-order valence-electron chi connectivity index (χ1n) is 13.0. The molecule has 0 saturated carbocycles. The number of halogens is 1. The minimum atomic E-state index is -4.22. The van der Waals surface area contributed by atoms with Crippen molar-refractivity contribution in [3.63, 3.8) is 0 Å². The van der Waals surface area contributed by atoms with E-state index in [0.717, 1.165) is 27.6 Å². The maximum absolute atomic E-state index is 13.9. The van der Waals surface area contributed by atoms with Gasteiger partial charge in [0, 0.05) is 12.6 Å². The summed E-state index contributed by atoms with van der Waals surface area (Å²) >= 11 is 0. The van der Waals surface area contributed by atoms with Gasteiger partial charge in [-0.25, -0.2) is 12.8 Å². The van der Waals surface area contributed by atoms with Crippen molar-refractivity contribution in [2.75, 3.05) is 18.0 Å². The highest BCUT2D eigenvalue weighted by Crippen LogP contribution is 2.25. The molecule has 0 saturated heterocycles. The summed E-state index contributed by atoms with van der Waals surface area (Å²) in [6.07, 6.45) is 0.706. The van der Waals surface area contributed by atoms with E-state index in [-0.39, 0.29) is 29.1 Å². The summed E-state index contributed by atoms with van der Waals surface area (Å²) in [6.45, 7) is 6.70. The second-order valence-corrected chi connectivity index (χ2v) is 11.5. The molecule has 0 bridgehead atoms. The number of amides is 2. The highest BCUT2D eigenvalue weighted by Gasteiger charge is 2.32. The highest BCUT2D eigenvalue weighted by atomic mass is 32.2. The number of carbonyl (C=O) groups is 2. The summed E-state index contributed by atoms with van der Waals surface area (Å²) in [5.41, 5.74) is 1.72. The molecule has 2 atom stereocenters. The van der Waals surface area contributed by atoms with E-state index in [9.17, 15) is 22.4 Å². The van der Waals surface area contributed by atoms with Crippen LogP contribution in [-0.4, -0.2) is 50.9 Å². The van der Waals surface area contributed by atoms with Crippen LogP contribution >= 0.6 is 0 Å². The summed E-state index contributed by atoms with van der Waals surface area (Å²) in [7, 11) is -2.67. The topological polar surface area (TPSA) is 96.0 Å². The van der Waals surface area contributed by atoms with Crippen LogP contribution in [0.25, 0.3) is 0 Å². The third kappa shape index (κ3) is 7.59. The van der Waals surface area contributed by atoms with Crippen molar-refractivity contribution < 1.29 is 27.1 Å². The predicted octanol–water partition coefficient (Wildman–Crippen LogP) is 4.67. The third-order valence-electron chi connectivity index (χ3n) is 6.68. The number of benzene rings is 3. The second-order valence-electron chi connectivity index (χ2n) is 9.66. The van der Waals surface area contributed by atoms with Crippen molar-refractivity contribution in [3.8, 4) is 5.75 Å². The van der Waals surface area contributed by atoms with Crippen LogP contribution < -0.4 is 14.4 Å². The SMILES string of the molecule is CC[C@@H](C)NC(=O)[C@H](C)N(Cc1ccc(OC)cc1)C(=O)CN(c1ccc(F)cc1)S(=O)(=O)c1ccc(C)cc1. The molecular formula is C30H36FN3O5S. The molecular weight excluding hydrogens is 533 g/mol. The van der Waals surface area contributed by atoms with E-state index in [2.05, 4.69) is 5.32 Å². The third-order valence-corrected chi connectivity index (χ3v) is 8.47. The molecule has 3 aromatic rings. The number of nitrogens with zero attached hydrogens (tertiary/aromatic N) is 2. The lowest BCUT2D eigenvalue weighted by Gasteiger charge is -2.32. The molecule has 0 aliphatic carbocycles. The van der Waals surface area contributed by atoms with E-state index >= 15 is 0 Å². The van der Waals surface area contributed by atoms with Gasteiger partial charge in [-0.2, -0.15) is 0 Å². The number of hydrogen-bond acceptors (Lipinski definition) is 5. The number of ether oxygens (including phenoxy) is 1. The lowest BCUT2D eigenvalue weighted by atomic mass is 10.1. The molecule has 40 heavy (non-hydrogen) atoms.